The van der Waals surface area contributed by atoms with Crippen LogP contribution < -0.4 is 0 Å². The zero-order valence-corrected chi connectivity index (χ0v) is 14.3. The van der Waals surface area contributed by atoms with E-state index >= 15 is 0 Å². The molecule has 12 heteroatoms. The average Bonchev–Trinajstić information content (AvgIpc) is 2.64. The molecule has 2 fully saturated rings. The van der Waals surface area contributed by atoms with E-state index < -0.39 is 74.4 Å². The lowest BCUT2D eigenvalue weighted by atomic mass is 9.90. The Morgan fingerprint density at radius 1 is 0.885 bits per heavy atom. The van der Waals surface area contributed by atoms with E-state index in [9.17, 15) is 25.5 Å². The van der Waals surface area contributed by atoms with Crippen LogP contribution in [-0.2, 0) is 28.9 Å². The van der Waals surface area contributed by atoms with Crippen molar-refractivity contribution in [2.75, 3.05) is 20.3 Å². The van der Waals surface area contributed by atoms with Gasteiger partial charge in [-0.15, -0.1) is 0 Å². The fourth-order valence-corrected chi connectivity index (χ4v) is 3.04. The van der Waals surface area contributed by atoms with E-state index in [-0.39, 0.29) is 0 Å². The zero-order valence-electron chi connectivity index (χ0n) is 14.3. The maximum Gasteiger partial charge on any atom is 0.186 e. The van der Waals surface area contributed by atoms with Crippen LogP contribution in [0.1, 0.15) is 6.92 Å². The van der Waals surface area contributed by atoms with Gasteiger partial charge >= 0.3 is 0 Å². The van der Waals surface area contributed by atoms with E-state index in [1.165, 1.54) is 7.11 Å². The zero-order chi connectivity index (χ0) is 19.4. The van der Waals surface area contributed by atoms with Gasteiger partial charge in [0.2, 0.25) is 0 Å². The van der Waals surface area contributed by atoms with Gasteiger partial charge in [0.1, 0.15) is 43.2 Å². The molecule has 0 aromatic rings. The van der Waals surface area contributed by atoms with E-state index in [1.807, 2.05) is 0 Å². The molecule has 0 aliphatic carbocycles. The summed E-state index contributed by atoms with van der Waals surface area (Å²) >= 11 is 0. The molecule has 12 nitrogen and oxygen atoms in total. The lowest BCUT2D eigenvalue weighted by molar-refractivity contribution is -0.499. The smallest absolute Gasteiger partial charge is 0.186 e. The quantitative estimate of drug-likeness (QED) is 0.193. The van der Waals surface area contributed by atoms with Crippen LogP contribution in [0.5, 0.6) is 0 Å². The minimum Gasteiger partial charge on any atom is -0.394 e. The highest BCUT2D eigenvalue weighted by molar-refractivity contribution is 4.93. The number of ether oxygens (including phenoxy) is 4. The van der Waals surface area contributed by atoms with Crippen molar-refractivity contribution in [3.8, 4) is 0 Å². The summed E-state index contributed by atoms with van der Waals surface area (Å²) in [5.74, 6) is -0.695. The molecule has 0 aromatic heterocycles. The summed E-state index contributed by atoms with van der Waals surface area (Å²) in [4.78, 5) is 4.40. The first-order chi connectivity index (χ1) is 12.3. The summed E-state index contributed by atoms with van der Waals surface area (Å²) in [6.45, 7) is 0.622. The fraction of sp³-hybridized carbons (Fsp3) is 1.00. The van der Waals surface area contributed by atoms with Crippen LogP contribution in [0.15, 0.2) is 0 Å². The number of hydrogen-bond acceptors (Lipinski definition) is 12. The predicted molar refractivity (Wildman–Crippen MR) is 79.1 cm³/mol. The molecule has 6 N–H and O–H groups in total. The van der Waals surface area contributed by atoms with Gasteiger partial charge in [-0.2, -0.15) is 0 Å². The summed E-state index contributed by atoms with van der Waals surface area (Å²) in [5.41, 5.74) is 0. The summed E-state index contributed by atoms with van der Waals surface area (Å²) in [6.07, 6.45) is -11.3. The first-order valence-electron chi connectivity index (χ1n) is 8.11. The lowest BCUT2D eigenvalue weighted by Gasteiger charge is -2.46. The van der Waals surface area contributed by atoms with Crippen LogP contribution in [0.3, 0.4) is 0 Å². The van der Waals surface area contributed by atoms with Crippen molar-refractivity contribution in [2.24, 2.45) is 5.92 Å². The first-order valence-corrected chi connectivity index (χ1v) is 8.11. The third-order valence-electron chi connectivity index (χ3n) is 4.68. The largest absolute Gasteiger partial charge is 0.394 e. The van der Waals surface area contributed by atoms with Gasteiger partial charge in [-0.25, -0.2) is 10.1 Å². The van der Waals surface area contributed by atoms with Gasteiger partial charge in [-0.05, 0) is 0 Å². The molecule has 4 unspecified atom stereocenters. The monoisotopic (exact) mass is 386 g/mol. The number of hydrogen-bond donors (Lipinski definition) is 6. The summed E-state index contributed by atoms with van der Waals surface area (Å²) in [7, 11) is 1.26. The van der Waals surface area contributed by atoms with Crippen molar-refractivity contribution in [1.82, 2.24) is 0 Å². The van der Waals surface area contributed by atoms with Gasteiger partial charge in [0.15, 0.2) is 12.6 Å². The summed E-state index contributed by atoms with van der Waals surface area (Å²) < 4.78 is 21.2. The Hall–Kier alpha value is -0.480. The number of aliphatic hydroxyl groups excluding tert-OH is 5. The predicted octanol–water partition coefficient (Wildman–Crippen LogP) is -3.04. The van der Waals surface area contributed by atoms with Gasteiger partial charge in [-0.1, -0.05) is 12.0 Å². The molecule has 2 heterocycles. The second-order valence-electron chi connectivity index (χ2n) is 6.29. The average molecular weight is 386 g/mol. The molecule has 26 heavy (non-hydrogen) atoms. The highest BCUT2D eigenvalue weighted by Gasteiger charge is 2.50. The van der Waals surface area contributed by atoms with E-state index in [0.717, 1.165) is 0 Å². The third kappa shape index (κ3) is 4.49. The Kier molecular flexibility index (Phi) is 8.08. The highest BCUT2D eigenvalue weighted by Crippen LogP contribution is 2.31. The Balaban J connectivity index is 2.14. The van der Waals surface area contributed by atoms with Crippen molar-refractivity contribution < 1.29 is 59.7 Å². The van der Waals surface area contributed by atoms with Crippen molar-refractivity contribution in [2.45, 2.75) is 62.2 Å². The number of aliphatic hydroxyl groups is 5. The molecule has 2 aliphatic heterocycles. The summed E-state index contributed by atoms with van der Waals surface area (Å²) in [6, 6.07) is 0. The van der Waals surface area contributed by atoms with Gasteiger partial charge in [0.25, 0.3) is 0 Å². The third-order valence-corrected chi connectivity index (χ3v) is 4.68. The SMILES string of the molecule is CO[C@@H]1OC(COOO)[C@H](O[C@@H]2OC(CO)[C@H](O)[C@H](C)C2O)[C@H](O)C1O. The van der Waals surface area contributed by atoms with Gasteiger partial charge < -0.3 is 44.5 Å². The Bertz CT molecular complexity index is 423. The van der Waals surface area contributed by atoms with Crippen LogP contribution >= 0.6 is 0 Å². The van der Waals surface area contributed by atoms with E-state index in [2.05, 4.69) is 9.93 Å². The molecule has 2 saturated heterocycles. The molecule has 2 rings (SSSR count). The van der Waals surface area contributed by atoms with Crippen LogP contribution in [0.4, 0.5) is 0 Å². The van der Waals surface area contributed by atoms with Crippen molar-refractivity contribution in [3.63, 3.8) is 0 Å². The summed E-state index contributed by atoms with van der Waals surface area (Å²) in [5, 5.41) is 61.8. The maximum atomic E-state index is 10.3. The first kappa shape index (κ1) is 21.8. The van der Waals surface area contributed by atoms with Crippen LogP contribution in [0, 0.1) is 5.92 Å². The van der Waals surface area contributed by atoms with Gasteiger partial charge in [-0.3, -0.25) is 0 Å². The minimum atomic E-state index is -1.52. The molecule has 0 aromatic carbocycles. The van der Waals surface area contributed by atoms with E-state index in [4.69, 9.17) is 24.2 Å². The molecule has 0 spiro atoms. The maximum absolute atomic E-state index is 10.3. The van der Waals surface area contributed by atoms with E-state index in [1.54, 1.807) is 6.92 Å². The molecular formula is C14H26O12. The molecule has 0 bridgehead atoms. The van der Waals surface area contributed by atoms with Crippen LogP contribution in [-0.4, -0.2) is 106 Å². The number of rotatable bonds is 7. The Morgan fingerprint density at radius 2 is 1.54 bits per heavy atom. The molecule has 0 amide bonds. The Morgan fingerprint density at radius 3 is 2.12 bits per heavy atom. The molecule has 10 atom stereocenters. The topological polar surface area (TPSA) is 177 Å². The standard InChI is InChI=1S/C14H26O12/c1-5-8(16)6(3-15)23-14(9(5)17)25-12-7(4-22-26-20)24-13(21-2)11(19)10(12)18/h5-20H,3-4H2,1-2H3/t5-,6?,7?,8+,9?,10+,11?,12-,13+,14-/m0/s1. The molecule has 2 aliphatic rings. The molecule has 154 valence electrons. The molecule has 0 radical (unpaired) electrons. The lowest BCUT2D eigenvalue weighted by Crippen LogP contribution is -2.63. The fourth-order valence-electron chi connectivity index (χ4n) is 3.04. The Labute approximate surface area is 149 Å². The van der Waals surface area contributed by atoms with Gasteiger partial charge in [0.05, 0.1) is 12.7 Å². The van der Waals surface area contributed by atoms with Crippen molar-refractivity contribution in [3.05, 3.63) is 0 Å². The normalized spacial score (nSPS) is 47.1. The molecular weight excluding hydrogens is 360 g/mol. The second-order valence-corrected chi connectivity index (χ2v) is 6.29. The highest BCUT2D eigenvalue weighted by atomic mass is 17.5. The van der Waals surface area contributed by atoms with E-state index in [0.29, 0.717) is 0 Å². The number of methoxy groups -OCH3 is 1. The second kappa shape index (κ2) is 9.64. The van der Waals surface area contributed by atoms with Gasteiger partial charge in [0, 0.05) is 13.0 Å². The van der Waals surface area contributed by atoms with Crippen molar-refractivity contribution >= 4 is 0 Å². The van der Waals surface area contributed by atoms with Crippen molar-refractivity contribution in [1.29, 1.82) is 0 Å². The minimum absolute atomic E-state index is 0.408. The van der Waals surface area contributed by atoms with Crippen LogP contribution in [0.2, 0.25) is 0 Å². The van der Waals surface area contributed by atoms with Crippen LogP contribution in [0.25, 0.3) is 0 Å². The molecule has 0 saturated carbocycles.